The monoisotopic (exact) mass is 132 g/mol. The molecular formula is C4H12N4O. The lowest BCUT2D eigenvalue weighted by Crippen LogP contribution is -2.37. The van der Waals surface area contributed by atoms with E-state index in [0.29, 0.717) is 0 Å². The topological polar surface area (TPSA) is 96.7 Å². The van der Waals surface area contributed by atoms with Gasteiger partial charge in [-0.1, -0.05) is 0 Å². The molecule has 0 aromatic carbocycles. The Hall–Kier alpha value is -0.810. The van der Waals surface area contributed by atoms with Crippen LogP contribution in [0.25, 0.3) is 0 Å². The molecule has 6 N–H and O–H groups in total. The predicted octanol–water partition coefficient (Wildman–Crippen LogP) is -1.85. The van der Waals surface area contributed by atoms with Crippen molar-refractivity contribution in [3.05, 3.63) is 0 Å². The van der Waals surface area contributed by atoms with Crippen LogP contribution >= 0.6 is 0 Å². The van der Waals surface area contributed by atoms with Gasteiger partial charge in [0.1, 0.15) is 0 Å². The maximum Gasteiger partial charge on any atom is 0.203 e. The third kappa shape index (κ3) is 5.05. The van der Waals surface area contributed by atoms with Gasteiger partial charge in [0.25, 0.3) is 0 Å². The molecule has 1 unspecified atom stereocenters. The molecule has 5 heteroatoms. The molecule has 5 nitrogen and oxygen atoms in total. The summed E-state index contributed by atoms with van der Waals surface area (Å²) in [5.74, 6) is 5.01. The van der Waals surface area contributed by atoms with Crippen LogP contribution in [0.5, 0.6) is 0 Å². The Balaban J connectivity index is 3.43. The number of rotatable bonds is 2. The first-order valence-corrected chi connectivity index (χ1v) is 2.61. The van der Waals surface area contributed by atoms with Crippen LogP contribution in [0.3, 0.4) is 0 Å². The molecule has 9 heavy (non-hydrogen) atoms. The summed E-state index contributed by atoms with van der Waals surface area (Å²) < 4.78 is 0. The van der Waals surface area contributed by atoms with Crippen molar-refractivity contribution in [2.75, 3.05) is 6.54 Å². The van der Waals surface area contributed by atoms with Crippen molar-refractivity contribution in [2.24, 2.45) is 16.6 Å². The first-order chi connectivity index (χ1) is 4.16. The van der Waals surface area contributed by atoms with E-state index in [1.165, 1.54) is 0 Å². The minimum Gasteiger partial charge on any atom is -0.391 e. The molecule has 0 saturated heterocycles. The summed E-state index contributed by atoms with van der Waals surface area (Å²) in [6.45, 7) is 1.89. The van der Waals surface area contributed by atoms with Gasteiger partial charge in [-0.2, -0.15) is 0 Å². The van der Waals surface area contributed by atoms with Crippen LogP contribution in [0.15, 0.2) is 4.99 Å². The van der Waals surface area contributed by atoms with Crippen molar-refractivity contribution in [2.45, 2.75) is 13.0 Å². The number of aliphatic hydroxyl groups excluding tert-OH is 1. The Labute approximate surface area is 53.7 Å². The number of nitrogens with two attached hydrogens (primary N) is 2. The number of nitrogens with one attached hydrogen (secondary N) is 1. The number of hydrogen-bond acceptors (Lipinski definition) is 3. The summed E-state index contributed by atoms with van der Waals surface area (Å²) in [4.78, 5) is 3.65. The van der Waals surface area contributed by atoms with Crippen LogP contribution < -0.4 is 17.0 Å². The Morgan fingerprint density at radius 1 is 1.89 bits per heavy atom. The van der Waals surface area contributed by atoms with E-state index in [1.54, 1.807) is 6.92 Å². The van der Waals surface area contributed by atoms with Gasteiger partial charge in [0.15, 0.2) is 0 Å². The maximum absolute atomic E-state index is 8.67. The molecule has 0 amide bonds. The van der Waals surface area contributed by atoms with E-state index < -0.39 is 6.10 Å². The largest absolute Gasteiger partial charge is 0.391 e. The minimum atomic E-state index is -0.475. The summed E-state index contributed by atoms with van der Waals surface area (Å²) in [5, 5.41) is 8.67. The van der Waals surface area contributed by atoms with E-state index in [2.05, 4.69) is 10.4 Å². The smallest absolute Gasteiger partial charge is 0.203 e. The van der Waals surface area contributed by atoms with Gasteiger partial charge in [0, 0.05) is 0 Å². The molecule has 1 atom stereocenters. The zero-order chi connectivity index (χ0) is 7.28. The molecule has 0 aromatic heterocycles. The molecule has 54 valence electrons. The third-order valence-corrected chi connectivity index (χ3v) is 0.674. The van der Waals surface area contributed by atoms with Crippen molar-refractivity contribution in [3.63, 3.8) is 0 Å². The van der Waals surface area contributed by atoms with Crippen LogP contribution in [0, 0.1) is 0 Å². The standard InChI is InChI=1S/C4H12N4O/c1-3(9)2-7-4(5)8-6/h3,9H,2,6H2,1H3,(H3,5,7,8). The van der Waals surface area contributed by atoms with Crippen LogP contribution in [0.2, 0.25) is 0 Å². The van der Waals surface area contributed by atoms with Crippen LogP contribution in [-0.2, 0) is 0 Å². The lowest BCUT2D eigenvalue weighted by atomic mass is 10.4. The van der Waals surface area contributed by atoms with E-state index in [0.717, 1.165) is 0 Å². The summed E-state index contributed by atoms with van der Waals surface area (Å²) in [7, 11) is 0. The lowest BCUT2D eigenvalue weighted by Gasteiger charge is -1.99. The van der Waals surface area contributed by atoms with Gasteiger partial charge >= 0.3 is 0 Å². The van der Waals surface area contributed by atoms with E-state index in [1.807, 2.05) is 0 Å². The fraction of sp³-hybridized carbons (Fsp3) is 0.750. The average molecular weight is 132 g/mol. The van der Waals surface area contributed by atoms with Gasteiger partial charge in [0.05, 0.1) is 12.6 Å². The van der Waals surface area contributed by atoms with Crippen LogP contribution in [-0.4, -0.2) is 23.7 Å². The molecule has 0 saturated carbocycles. The second-order valence-corrected chi connectivity index (χ2v) is 1.72. The summed E-state index contributed by atoms with van der Waals surface area (Å²) in [5.41, 5.74) is 7.26. The first-order valence-electron chi connectivity index (χ1n) is 2.61. The van der Waals surface area contributed by atoms with E-state index in [-0.39, 0.29) is 12.5 Å². The van der Waals surface area contributed by atoms with E-state index in [4.69, 9.17) is 16.7 Å². The van der Waals surface area contributed by atoms with Gasteiger partial charge in [-0.25, -0.2) is 10.8 Å². The number of guanidine groups is 1. The number of nitrogens with zero attached hydrogens (tertiary/aromatic N) is 1. The third-order valence-electron chi connectivity index (χ3n) is 0.674. The van der Waals surface area contributed by atoms with Crippen molar-refractivity contribution in [3.8, 4) is 0 Å². The predicted molar refractivity (Wildman–Crippen MR) is 35.5 cm³/mol. The molecule has 0 aliphatic heterocycles. The highest BCUT2D eigenvalue weighted by molar-refractivity contribution is 5.77. The number of aliphatic imine (C=N–C) groups is 1. The fourth-order valence-corrected chi connectivity index (χ4v) is 0.276. The lowest BCUT2D eigenvalue weighted by molar-refractivity contribution is 0.204. The SMILES string of the molecule is CC(O)CN=C(N)NN. The Kier molecular flexibility index (Phi) is 3.74. The molecule has 0 aliphatic rings. The Morgan fingerprint density at radius 3 is 2.78 bits per heavy atom. The molecular weight excluding hydrogens is 120 g/mol. The highest BCUT2D eigenvalue weighted by Gasteiger charge is 1.91. The Bertz CT molecular complexity index is 101. The zero-order valence-corrected chi connectivity index (χ0v) is 5.33. The first kappa shape index (κ1) is 8.19. The van der Waals surface area contributed by atoms with Gasteiger partial charge in [-0.15, -0.1) is 0 Å². The molecule has 0 heterocycles. The quantitative estimate of drug-likeness (QED) is 0.153. The minimum absolute atomic E-state index is 0.135. The van der Waals surface area contributed by atoms with Gasteiger partial charge in [0.2, 0.25) is 5.96 Å². The van der Waals surface area contributed by atoms with Gasteiger partial charge in [-0.3, -0.25) is 5.43 Å². The summed E-state index contributed by atoms with van der Waals surface area (Å²) in [6.07, 6.45) is -0.475. The maximum atomic E-state index is 8.67. The van der Waals surface area contributed by atoms with Crippen molar-refractivity contribution in [1.82, 2.24) is 5.43 Å². The number of aliphatic hydroxyl groups is 1. The second-order valence-electron chi connectivity index (χ2n) is 1.72. The average Bonchev–Trinajstić information content (AvgIpc) is 1.83. The highest BCUT2D eigenvalue weighted by Crippen LogP contribution is 1.78. The number of hydrogen-bond donors (Lipinski definition) is 4. The molecule has 0 bridgehead atoms. The zero-order valence-electron chi connectivity index (χ0n) is 5.33. The van der Waals surface area contributed by atoms with Crippen LogP contribution in [0.1, 0.15) is 6.92 Å². The van der Waals surface area contributed by atoms with E-state index >= 15 is 0 Å². The van der Waals surface area contributed by atoms with Gasteiger partial charge < -0.3 is 10.8 Å². The Morgan fingerprint density at radius 2 is 2.44 bits per heavy atom. The molecule has 0 aliphatic carbocycles. The fourth-order valence-electron chi connectivity index (χ4n) is 0.276. The highest BCUT2D eigenvalue weighted by atomic mass is 16.3. The normalized spacial score (nSPS) is 15.2. The second kappa shape index (κ2) is 4.11. The summed E-state index contributed by atoms with van der Waals surface area (Å²) in [6, 6.07) is 0. The molecule has 0 rings (SSSR count). The van der Waals surface area contributed by atoms with Crippen LogP contribution in [0.4, 0.5) is 0 Å². The summed E-state index contributed by atoms with van der Waals surface area (Å²) >= 11 is 0. The van der Waals surface area contributed by atoms with Crippen molar-refractivity contribution in [1.29, 1.82) is 0 Å². The van der Waals surface area contributed by atoms with Gasteiger partial charge in [-0.05, 0) is 6.92 Å². The van der Waals surface area contributed by atoms with Crippen molar-refractivity contribution >= 4 is 5.96 Å². The molecule has 0 fully saturated rings. The molecule has 0 radical (unpaired) electrons. The molecule has 0 spiro atoms. The van der Waals surface area contributed by atoms with Crippen molar-refractivity contribution < 1.29 is 5.11 Å². The number of hydrazine groups is 1. The van der Waals surface area contributed by atoms with E-state index in [9.17, 15) is 0 Å². The molecule has 0 aromatic rings.